The third-order valence-corrected chi connectivity index (χ3v) is 10.8. The molecule has 0 N–H and O–H groups in total. The minimum Gasteiger partial charge on any atom is -0.310 e. The standard InChI is InChI=1S/C46H37N/c1-45(2)41-20-12-10-18-36(41)38-24-22-32(28-43(38)45)47(33-23-25-39-37-19-11-13-21-42(37)46(3,4)44(39)29-33)34-26-31-16-8-9-17-35(31)40(27-34)30-14-6-5-7-15-30/h5-29H,1-4H3. The van der Waals surface area contributed by atoms with E-state index in [4.69, 9.17) is 0 Å². The Hall–Kier alpha value is -5.40. The molecule has 7 aromatic rings. The smallest absolute Gasteiger partial charge is 0.0474 e. The lowest BCUT2D eigenvalue weighted by Gasteiger charge is -2.30. The van der Waals surface area contributed by atoms with Gasteiger partial charge < -0.3 is 4.90 Å². The maximum Gasteiger partial charge on any atom is 0.0474 e. The third-order valence-electron chi connectivity index (χ3n) is 10.8. The first-order valence-electron chi connectivity index (χ1n) is 16.7. The molecular weight excluding hydrogens is 567 g/mol. The Kier molecular flexibility index (Phi) is 5.96. The van der Waals surface area contributed by atoms with Crippen LogP contribution in [-0.2, 0) is 10.8 Å². The molecule has 47 heavy (non-hydrogen) atoms. The molecular formula is C46H37N. The molecule has 0 bridgehead atoms. The molecule has 226 valence electrons. The number of hydrogen-bond donors (Lipinski definition) is 0. The van der Waals surface area contributed by atoms with Crippen LogP contribution in [0.15, 0.2) is 152 Å². The van der Waals surface area contributed by atoms with Crippen LogP contribution in [0.25, 0.3) is 44.2 Å². The summed E-state index contributed by atoms with van der Waals surface area (Å²) in [5, 5.41) is 2.50. The van der Waals surface area contributed by atoms with E-state index in [1.807, 2.05) is 0 Å². The highest BCUT2D eigenvalue weighted by Gasteiger charge is 2.37. The molecule has 0 unspecified atom stereocenters. The highest BCUT2D eigenvalue weighted by Crippen LogP contribution is 2.53. The summed E-state index contributed by atoms with van der Waals surface area (Å²) in [4.78, 5) is 2.48. The molecule has 0 saturated heterocycles. The van der Waals surface area contributed by atoms with E-state index < -0.39 is 0 Å². The SMILES string of the molecule is CC1(C)c2ccccc2-c2ccc(N(c3ccc4c(c3)C(C)(C)c3ccccc3-4)c3cc(-c4ccccc4)c4ccccc4c3)cc21. The largest absolute Gasteiger partial charge is 0.310 e. The number of anilines is 3. The lowest BCUT2D eigenvalue weighted by Crippen LogP contribution is -2.18. The average molecular weight is 604 g/mol. The zero-order valence-electron chi connectivity index (χ0n) is 27.4. The molecule has 1 heteroatoms. The molecule has 9 rings (SSSR count). The van der Waals surface area contributed by atoms with Crippen LogP contribution in [0.1, 0.15) is 49.9 Å². The number of nitrogens with zero attached hydrogens (tertiary/aromatic N) is 1. The first-order chi connectivity index (χ1) is 22.8. The molecule has 2 aliphatic carbocycles. The Morgan fingerprint density at radius 3 is 1.45 bits per heavy atom. The fourth-order valence-electron chi connectivity index (χ4n) is 8.39. The summed E-state index contributed by atoms with van der Waals surface area (Å²) in [5.41, 5.74) is 16.7. The van der Waals surface area contributed by atoms with E-state index in [2.05, 4.69) is 184 Å². The Morgan fingerprint density at radius 1 is 0.362 bits per heavy atom. The molecule has 0 radical (unpaired) electrons. The molecule has 2 aliphatic rings. The van der Waals surface area contributed by atoms with Gasteiger partial charge in [0, 0.05) is 27.9 Å². The minimum atomic E-state index is -0.0895. The van der Waals surface area contributed by atoms with E-state index in [0.29, 0.717) is 0 Å². The monoisotopic (exact) mass is 603 g/mol. The Labute approximate surface area is 277 Å². The summed E-state index contributed by atoms with van der Waals surface area (Å²) in [6, 6.07) is 56.4. The molecule has 0 aromatic heterocycles. The van der Waals surface area contributed by atoms with Crippen molar-refractivity contribution in [2.45, 2.75) is 38.5 Å². The van der Waals surface area contributed by atoms with Crippen LogP contribution in [0.2, 0.25) is 0 Å². The van der Waals surface area contributed by atoms with Crippen molar-refractivity contribution in [3.8, 4) is 33.4 Å². The van der Waals surface area contributed by atoms with Gasteiger partial charge in [-0.05, 0) is 103 Å². The van der Waals surface area contributed by atoms with Gasteiger partial charge in [-0.15, -0.1) is 0 Å². The summed E-state index contributed by atoms with van der Waals surface area (Å²) >= 11 is 0. The third kappa shape index (κ3) is 4.09. The van der Waals surface area contributed by atoms with E-state index in [-0.39, 0.29) is 10.8 Å². The maximum absolute atomic E-state index is 2.48. The van der Waals surface area contributed by atoms with Gasteiger partial charge in [0.15, 0.2) is 0 Å². The summed E-state index contributed by atoms with van der Waals surface area (Å²) < 4.78 is 0. The second kappa shape index (κ2) is 10.0. The van der Waals surface area contributed by atoms with Gasteiger partial charge >= 0.3 is 0 Å². The lowest BCUT2D eigenvalue weighted by molar-refractivity contribution is 0.660. The fourth-order valence-corrected chi connectivity index (χ4v) is 8.39. The Morgan fingerprint density at radius 2 is 0.851 bits per heavy atom. The van der Waals surface area contributed by atoms with Gasteiger partial charge in [-0.3, -0.25) is 0 Å². The van der Waals surface area contributed by atoms with Crippen LogP contribution in [0, 0.1) is 0 Å². The zero-order valence-corrected chi connectivity index (χ0v) is 27.4. The molecule has 0 saturated carbocycles. The highest BCUT2D eigenvalue weighted by atomic mass is 15.1. The molecule has 7 aromatic carbocycles. The summed E-state index contributed by atoms with van der Waals surface area (Å²) in [6.45, 7) is 9.46. The minimum absolute atomic E-state index is 0.0895. The number of fused-ring (bicyclic) bond motifs is 7. The van der Waals surface area contributed by atoms with Gasteiger partial charge in [0.25, 0.3) is 0 Å². The molecule has 0 spiro atoms. The summed E-state index contributed by atoms with van der Waals surface area (Å²) in [7, 11) is 0. The average Bonchev–Trinajstić information content (AvgIpc) is 3.48. The number of hydrogen-bond acceptors (Lipinski definition) is 1. The van der Waals surface area contributed by atoms with Crippen molar-refractivity contribution in [1.82, 2.24) is 0 Å². The van der Waals surface area contributed by atoms with Gasteiger partial charge in [0.05, 0.1) is 0 Å². The molecule has 0 atom stereocenters. The van der Waals surface area contributed by atoms with Crippen molar-refractivity contribution in [1.29, 1.82) is 0 Å². The van der Waals surface area contributed by atoms with E-state index in [1.165, 1.54) is 77.8 Å². The predicted molar refractivity (Wildman–Crippen MR) is 199 cm³/mol. The fraction of sp³-hybridized carbons (Fsp3) is 0.130. The van der Waals surface area contributed by atoms with E-state index in [1.54, 1.807) is 0 Å². The zero-order chi connectivity index (χ0) is 31.9. The molecule has 0 amide bonds. The first kappa shape index (κ1) is 27.9. The second-order valence-electron chi connectivity index (χ2n) is 14.2. The van der Waals surface area contributed by atoms with E-state index >= 15 is 0 Å². The second-order valence-corrected chi connectivity index (χ2v) is 14.2. The van der Waals surface area contributed by atoms with Crippen molar-refractivity contribution in [3.63, 3.8) is 0 Å². The van der Waals surface area contributed by atoms with E-state index in [0.717, 1.165) is 5.69 Å². The lowest BCUT2D eigenvalue weighted by atomic mass is 9.82. The van der Waals surface area contributed by atoms with Crippen molar-refractivity contribution in [2.24, 2.45) is 0 Å². The van der Waals surface area contributed by atoms with Crippen molar-refractivity contribution >= 4 is 27.8 Å². The van der Waals surface area contributed by atoms with Crippen LogP contribution < -0.4 is 4.90 Å². The van der Waals surface area contributed by atoms with Gasteiger partial charge in [0.1, 0.15) is 0 Å². The van der Waals surface area contributed by atoms with Crippen LogP contribution in [-0.4, -0.2) is 0 Å². The predicted octanol–water partition coefficient (Wildman–Crippen LogP) is 12.6. The molecule has 1 nitrogen and oxygen atoms in total. The van der Waals surface area contributed by atoms with Crippen molar-refractivity contribution < 1.29 is 0 Å². The molecule has 0 aliphatic heterocycles. The molecule has 0 fully saturated rings. The molecule has 0 heterocycles. The summed E-state index contributed by atoms with van der Waals surface area (Å²) in [6.07, 6.45) is 0. The summed E-state index contributed by atoms with van der Waals surface area (Å²) in [5.74, 6) is 0. The van der Waals surface area contributed by atoms with Gasteiger partial charge in [0.2, 0.25) is 0 Å². The highest BCUT2D eigenvalue weighted by molar-refractivity contribution is 6.01. The van der Waals surface area contributed by atoms with Crippen LogP contribution >= 0.6 is 0 Å². The van der Waals surface area contributed by atoms with Gasteiger partial charge in [-0.1, -0.05) is 143 Å². The van der Waals surface area contributed by atoms with Gasteiger partial charge in [-0.25, -0.2) is 0 Å². The first-order valence-corrected chi connectivity index (χ1v) is 16.7. The van der Waals surface area contributed by atoms with Crippen molar-refractivity contribution in [3.05, 3.63) is 174 Å². The number of rotatable bonds is 4. The number of benzene rings is 7. The maximum atomic E-state index is 2.48. The van der Waals surface area contributed by atoms with E-state index in [9.17, 15) is 0 Å². The van der Waals surface area contributed by atoms with Crippen LogP contribution in [0.5, 0.6) is 0 Å². The van der Waals surface area contributed by atoms with Crippen LogP contribution in [0.4, 0.5) is 17.1 Å². The Balaban J connectivity index is 1.30. The Bertz CT molecular complexity index is 2250. The topological polar surface area (TPSA) is 3.24 Å². The normalized spacial score (nSPS) is 14.7. The van der Waals surface area contributed by atoms with Crippen molar-refractivity contribution in [2.75, 3.05) is 4.90 Å². The quantitative estimate of drug-likeness (QED) is 0.193. The van der Waals surface area contributed by atoms with Crippen LogP contribution in [0.3, 0.4) is 0 Å². The van der Waals surface area contributed by atoms with Gasteiger partial charge in [-0.2, -0.15) is 0 Å².